The van der Waals surface area contributed by atoms with Gasteiger partial charge >= 0.3 is 6.09 Å². The maximum absolute atomic E-state index is 13.0. The highest BCUT2D eigenvalue weighted by molar-refractivity contribution is 5.91. The Bertz CT molecular complexity index is 2650. The average Bonchev–Trinajstić information content (AvgIpc) is 3.33. The van der Waals surface area contributed by atoms with E-state index in [1.807, 2.05) is 104 Å². The highest BCUT2D eigenvalue weighted by atomic mass is 16.6. The summed E-state index contributed by atoms with van der Waals surface area (Å²) in [5.41, 5.74) is 6.83. The highest BCUT2D eigenvalue weighted by Crippen LogP contribution is 2.30. The molecule has 1 aliphatic heterocycles. The van der Waals surface area contributed by atoms with Crippen LogP contribution in [0, 0.1) is 0 Å². The molecule has 1 aromatic heterocycles. The second kappa shape index (κ2) is 22.8. The number of H-pyrrole nitrogens is 1. The second-order valence-corrected chi connectivity index (χ2v) is 16.7. The molecule has 2 heterocycles. The van der Waals surface area contributed by atoms with Gasteiger partial charge in [0.2, 0.25) is 17.4 Å². The first-order chi connectivity index (χ1) is 32.0. The molecule has 66 heavy (non-hydrogen) atoms. The molecule has 0 saturated carbocycles. The summed E-state index contributed by atoms with van der Waals surface area (Å²) in [5, 5.41) is 34.1. The number of fused-ring (bicyclic) bond motifs is 1. The van der Waals surface area contributed by atoms with Crippen molar-refractivity contribution in [1.82, 2.24) is 25.8 Å². The fourth-order valence-corrected chi connectivity index (χ4v) is 8.25. The van der Waals surface area contributed by atoms with E-state index in [-0.39, 0.29) is 53.8 Å². The molecule has 14 nitrogen and oxygen atoms in total. The molecule has 344 valence electrons. The van der Waals surface area contributed by atoms with Gasteiger partial charge in [0.15, 0.2) is 0 Å². The molecule has 7 N–H and O–H groups in total. The lowest BCUT2D eigenvalue weighted by molar-refractivity contribution is -0.122. The number of hydrogen-bond acceptors (Lipinski definition) is 10. The van der Waals surface area contributed by atoms with E-state index in [0.29, 0.717) is 62.0 Å². The van der Waals surface area contributed by atoms with Crippen LogP contribution in [0.2, 0.25) is 0 Å². The summed E-state index contributed by atoms with van der Waals surface area (Å²) >= 11 is 0. The first-order valence-corrected chi connectivity index (χ1v) is 22.4. The minimum Gasteiger partial charge on any atom is -0.506 e. The van der Waals surface area contributed by atoms with Gasteiger partial charge in [-0.1, -0.05) is 91.0 Å². The third kappa shape index (κ3) is 13.1. The topological polar surface area (TPSA) is 194 Å². The Balaban J connectivity index is 0.782. The number of ether oxygens (including phenoxy) is 2. The van der Waals surface area contributed by atoms with E-state index in [0.717, 1.165) is 52.2 Å². The molecular weight excluding hydrogens is 837 g/mol. The minimum absolute atomic E-state index is 0.0423. The van der Waals surface area contributed by atoms with Crippen molar-refractivity contribution in [3.05, 3.63) is 159 Å². The van der Waals surface area contributed by atoms with Crippen molar-refractivity contribution >= 4 is 34.5 Å². The second-order valence-electron chi connectivity index (χ2n) is 16.7. The molecule has 0 aliphatic carbocycles. The number of carbonyl (C=O) groups excluding carboxylic acids is 3. The number of methoxy groups -OCH3 is 1. The van der Waals surface area contributed by atoms with Gasteiger partial charge in [0, 0.05) is 68.7 Å². The van der Waals surface area contributed by atoms with Crippen LogP contribution in [0.15, 0.2) is 126 Å². The zero-order valence-corrected chi connectivity index (χ0v) is 37.3. The van der Waals surface area contributed by atoms with Crippen molar-refractivity contribution in [2.24, 2.45) is 0 Å². The summed E-state index contributed by atoms with van der Waals surface area (Å²) in [6.45, 7) is 5.07. The average molecular weight is 895 g/mol. The Hall–Kier alpha value is -7.00. The van der Waals surface area contributed by atoms with Crippen molar-refractivity contribution in [2.75, 3.05) is 38.6 Å². The predicted molar refractivity (Wildman–Crippen MR) is 255 cm³/mol. The van der Waals surface area contributed by atoms with Gasteiger partial charge < -0.3 is 45.5 Å². The number of nitrogens with one attached hydrogen (secondary N) is 5. The van der Waals surface area contributed by atoms with Gasteiger partial charge in [0.25, 0.3) is 0 Å². The van der Waals surface area contributed by atoms with Crippen molar-refractivity contribution in [1.29, 1.82) is 0 Å². The number of aromatic hydroxyl groups is 1. The number of likely N-dealkylation sites (tertiary alicyclic amines) is 1. The molecule has 6 aromatic rings. The van der Waals surface area contributed by atoms with E-state index in [9.17, 15) is 29.4 Å². The number of amides is 3. The van der Waals surface area contributed by atoms with Gasteiger partial charge in [-0.15, -0.1) is 0 Å². The Kier molecular flexibility index (Phi) is 16.2. The normalized spacial score (nSPS) is 14.0. The monoisotopic (exact) mass is 894 g/mol. The number of carbonyl (C=O) groups is 3. The van der Waals surface area contributed by atoms with Crippen LogP contribution in [0.4, 0.5) is 10.5 Å². The fourth-order valence-electron chi connectivity index (χ4n) is 8.25. The SMILES string of the molecule is COc1ccc(CNC(=O)Cc2ccc(CNC(=O)CCN3CCC(OC(=O)Nc4ccccc4-c4ccccc4)CC3)cc2)cc1CC(C)NC[C@H](O)c1ccc(O)c2[nH]c(=O)ccc12. The van der Waals surface area contributed by atoms with E-state index in [4.69, 9.17) is 9.47 Å². The number of piperidine rings is 1. The molecule has 1 saturated heterocycles. The minimum atomic E-state index is -0.888. The number of anilines is 1. The molecule has 5 aromatic carbocycles. The Morgan fingerprint density at radius 3 is 2.29 bits per heavy atom. The molecule has 1 fully saturated rings. The lowest BCUT2D eigenvalue weighted by atomic mass is 10.0. The number of rotatable bonds is 19. The van der Waals surface area contributed by atoms with Crippen LogP contribution in [-0.4, -0.2) is 83.4 Å². The Morgan fingerprint density at radius 2 is 1.52 bits per heavy atom. The molecule has 0 bridgehead atoms. The van der Waals surface area contributed by atoms with E-state index < -0.39 is 12.2 Å². The summed E-state index contributed by atoms with van der Waals surface area (Å²) < 4.78 is 11.4. The van der Waals surface area contributed by atoms with Crippen LogP contribution < -0.4 is 31.6 Å². The summed E-state index contributed by atoms with van der Waals surface area (Å²) in [5.74, 6) is 0.496. The number of benzene rings is 5. The number of aliphatic hydroxyl groups is 1. The Labute approximate surface area is 384 Å². The number of phenols is 1. The van der Waals surface area contributed by atoms with Gasteiger partial charge in [-0.3, -0.25) is 19.7 Å². The largest absolute Gasteiger partial charge is 0.506 e. The summed E-state index contributed by atoms with van der Waals surface area (Å²) in [6.07, 6.45) is 1.02. The van der Waals surface area contributed by atoms with Crippen LogP contribution in [0.3, 0.4) is 0 Å². The lowest BCUT2D eigenvalue weighted by Crippen LogP contribution is -2.40. The number of phenolic OH excluding ortho intramolecular Hbond substituents is 1. The lowest BCUT2D eigenvalue weighted by Gasteiger charge is -2.31. The van der Waals surface area contributed by atoms with Crippen LogP contribution >= 0.6 is 0 Å². The number of aromatic nitrogens is 1. The smallest absolute Gasteiger partial charge is 0.411 e. The standard InChI is InChI=1S/C52H58N6O8/c1-34(53-33-46(60)42-17-19-45(59)51-43(42)18-21-49(62)57-51)28-39-29-37(16-20-47(39)65-2)32-55-50(63)30-35-12-14-36(15-13-35)31-54-48(61)24-27-58-25-22-40(23-26-58)66-52(64)56-44-11-7-6-10-41(44)38-8-4-3-5-9-38/h3-21,29,34,40,46,53,59-60H,22-28,30-33H2,1-2H3,(H,54,61)(H,55,63)(H,56,64)(H,57,62)/t34?,46-/m0/s1. The maximum Gasteiger partial charge on any atom is 0.411 e. The molecule has 3 amide bonds. The van der Waals surface area contributed by atoms with Gasteiger partial charge in [-0.05, 0) is 83.8 Å². The molecule has 1 unspecified atom stereocenters. The van der Waals surface area contributed by atoms with E-state index in [1.54, 1.807) is 19.2 Å². The first-order valence-electron chi connectivity index (χ1n) is 22.4. The third-order valence-electron chi connectivity index (χ3n) is 11.9. The number of para-hydroxylation sites is 1. The van der Waals surface area contributed by atoms with Gasteiger partial charge in [-0.25, -0.2) is 4.79 Å². The fraction of sp³-hybridized carbons (Fsp3) is 0.308. The van der Waals surface area contributed by atoms with Crippen LogP contribution in [-0.2, 0) is 40.3 Å². The van der Waals surface area contributed by atoms with Gasteiger partial charge in [0.1, 0.15) is 17.6 Å². The molecular formula is C52H58N6O8. The number of hydrogen-bond donors (Lipinski definition) is 7. The predicted octanol–water partition coefficient (Wildman–Crippen LogP) is 6.74. The van der Waals surface area contributed by atoms with E-state index >= 15 is 0 Å². The molecule has 1 aliphatic rings. The van der Waals surface area contributed by atoms with Crippen molar-refractivity contribution in [3.63, 3.8) is 0 Å². The molecule has 14 heteroatoms. The van der Waals surface area contributed by atoms with Crippen molar-refractivity contribution < 1.29 is 34.1 Å². The molecule has 0 radical (unpaired) electrons. The first kappa shape index (κ1) is 47.0. The van der Waals surface area contributed by atoms with E-state index in [1.165, 1.54) is 12.1 Å². The molecule has 2 atom stereocenters. The molecule has 0 spiro atoms. The van der Waals surface area contributed by atoms with Crippen LogP contribution in [0.25, 0.3) is 22.0 Å². The number of aromatic amines is 1. The number of nitrogens with zero attached hydrogens (tertiary/aromatic N) is 1. The van der Waals surface area contributed by atoms with E-state index in [2.05, 4.69) is 31.2 Å². The summed E-state index contributed by atoms with van der Waals surface area (Å²) in [6, 6.07) is 37.0. The number of aliphatic hydroxyl groups excluding tert-OH is 1. The van der Waals surface area contributed by atoms with Gasteiger partial charge in [0.05, 0.1) is 30.8 Å². The summed E-state index contributed by atoms with van der Waals surface area (Å²) in [4.78, 5) is 55.1. The quantitative estimate of drug-likeness (QED) is 0.0458. The molecule has 7 rings (SSSR count). The highest BCUT2D eigenvalue weighted by Gasteiger charge is 2.23. The Morgan fingerprint density at radius 1 is 0.818 bits per heavy atom. The van der Waals surface area contributed by atoms with Crippen LogP contribution in [0.5, 0.6) is 11.5 Å². The zero-order chi connectivity index (χ0) is 46.4. The van der Waals surface area contributed by atoms with Gasteiger partial charge in [-0.2, -0.15) is 0 Å². The van der Waals surface area contributed by atoms with Crippen LogP contribution in [0.1, 0.15) is 60.1 Å². The van der Waals surface area contributed by atoms with Crippen molar-refractivity contribution in [3.8, 4) is 22.6 Å². The maximum atomic E-state index is 13.0. The zero-order valence-electron chi connectivity index (χ0n) is 37.3. The third-order valence-corrected chi connectivity index (χ3v) is 11.9. The summed E-state index contributed by atoms with van der Waals surface area (Å²) in [7, 11) is 1.61. The van der Waals surface area contributed by atoms with Crippen molar-refractivity contribution in [2.45, 2.75) is 70.4 Å². The number of pyridine rings is 1.